The zero-order valence-corrected chi connectivity index (χ0v) is 18.8. The molecule has 1 aliphatic rings. The molecule has 0 radical (unpaired) electrons. The lowest BCUT2D eigenvalue weighted by Gasteiger charge is -2.26. The Morgan fingerprint density at radius 1 is 1.15 bits per heavy atom. The number of aromatic nitrogens is 1. The number of para-hydroxylation sites is 1. The smallest absolute Gasteiger partial charge is 0.257 e. The van der Waals surface area contributed by atoms with E-state index in [4.69, 9.17) is 5.14 Å². The highest BCUT2D eigenvalue weighted by Gasteiger charge is 2.33. The molecule has 1 saturated heterocycles. The van der Waals surface area contributed by atoms with Crippen molar-refractivity contribution < 1.29 is 22.0 Å². The van der Waals surface area contributed by atoms with Gasteiger partial charge in [0.1, 0.15) is 4.90 Å². The number of sulfonamides is 1. The molecule has 10 heteroatoms. The van der Waals surface area contributed by atoms with E-state index < -0.39 is 21.9 Å². The summed E-state index contributed by atoms with van der Waals surface area (Å²) < 4.78 is 52.6. The Morgan fingerprint density at radius 2 is 1.91 bits per heavy atom. The maximum atomic E-state index is 13.8. The fourth-order valence-electron chi connectivity index (χ4n) is 4.12. The number of nitrogens with one attached hydrogen (secondary N) is 1. The third-order valence-electron chi connectivity index (χ3n) is 5.83. The van der Waals surface area contributed by atoms with Crippen molar-refractivity contribution in [3.8, 4) is 0 Å². The van der Waals surface area contributed by atoms with Crippen LogP contribution in [-0.2, 0) is 10.0 Å². The lowest BCUT2D eigenvalue weighted by atomic mass is 10.1. The Labute approximate surface area is 190 Å². The van der Waals surface area contributed by atoms with Crippen LogP contribution in [0.25, 0.3) is 10.9 Å². The first-order chi connectivity index (χ1) is 15.5. The number of hydrogen-bond acceptors (Lipinski definition) is 5. The standard InChI is InChI=1S/C23H24F2N4O3S/c1-15-18(28-22(30)17-13-16-5-2-3-6-19(16)27-14-17)7-8-20(21(15)33(26,31)32)29-11-4-9-23(24,25)10-12-29/h2-3,5-8,13-14H,4,9-12H2,1H3,(H,28,30)(H2,26,31,32). The zero-order valence-electron chi connectivity index (χ0n) is 18.0. The van der Waals surface area contributed by atoms with Gasteiger partial charge in [0.25, 0.3) is 5.91 Å². The summed E-state index contributed by atoms with van der Waals surface area (Å²) in [6.45, 7) is 1.82. The van der Waals surface area contributed by atoms with Crippen LogP contribution in [0.15, 0.2) is 53.6 Å². The Bertz CT molecular complexity index is 1330. The van der Waals surface area contributed by atoms with Crippen molar-refractivity contribution >= 4 is 38.2 Å². The summed E-state index contributed by atoms with van der Waals surface area (Å²) in [7, 11) is -4.20. The number of nitrogens with two attached hydrogens (primary N) is 1. The molecule has 0 saturated carbocycles. The summed E-state index contributed by atoms with van der Waals surface area (Å²) in [6.07, 6.45) is 1.05. The lowest BCUT2D eigenvalue weighted by molar-refractivity contribution is -0.0102. The average Bonchev–Trinajstić information content (AvgIpc) is 2.94. The minimum absolute atomic E-state index is 0.00340. The summed E-state index contributed by atoms with van der Waals surface area (Å²) >= 11 is 0. The number of carbonyl (C=O) groups is 1. The van der Waals surface area contributed by atoms with Gasteiger partial charge in [-0.05, 0) is 43.2 Å². The Balaban J connectivity index is 1.67. The largest absolute Gasteiger partial charge is 0.370 e. The summed E-state index contributed by atoms with van der Waals surface area (Å²) in [5.41, 5.74) is 1.82. The number of benzene rings is 2. The van der Waals surface area contributed by atoms with E-state index in [0.717, 1.165) is 10.9 Å². The molecular weight excluding hydrogens is 450 g/mol. The van der Waals surface area contributed by atoms with Gasteiger partial charge in [-0.25, -0.2) is 22.3 Å². The molecule has 174 valence electrons. The summed E-state index contributed by atoms with van der Waals surface area (Å²) in [5.74, 6) is -3.24. The molecule has 1 aliphatic heterocycles. The molecule has 1 fully saturated rings. The van der Waals surface area contributed by atoms with Crippen molar-refractivity contribution in [2.45, 2.75) is 37.0 Å². The van der Waals surface area contributed by atoms with Crippen molar-refractivity contribution in [1.29, 1.82) is 0 Å². The number of alkyl halides is 2. The molecule has 0 unspecified atom stereocenters. The van der Waals surface area contributed by atoms with Crippen molar-refractivity contribution in [2.75, 3.05) is 23.3 Å². The van der Waals surface area contributed by atoms with Crippen LogP contribution in [0.4, 0.5) is 20.2 Å². The minimum Gasteiger partial charge on any atom is -0.370 e. The molecule has 0 atom stereocenters. The number of primary sulfonamides is 1. The number of amides is 1. The van der Waals surface area contributed by atoms with E-state index in [1.165, 1.54) is 19.2 Å². The quantitative estimate of drug-likeness (QED) is 0.593. The number of hydrogen-bond donors (Lipinski definition) is 2. The van der Waals surface area contributed by atoms with Crippen LogP contribution in [-0.4, -0.2) is 38.3 Å². The molecule has 2 aromatic carbocycles. The van der Waals surface area contributed by atoms with Crippen molar-refractivity contribution in [1.82, 2.24) is 4.98 Å². The normalized spacial score (nSPS) is 16.4. The highest BCUT2D eigenvalue weighted by atomic mass is 32.2. The maximum absolute atomic E-state index is 13.8. The van der Waals surface area contributed by atoms with Gasteiger partial charge in [-0.1, -0.05) is 18.2 Å². The summed E-state index contributed by atoms with van der Waals surface area (Å²) in [5, 5.41) is 9.02. The van der Waals surface area contributed by atoms with Crippen LogP contribution in [0.5, 0.6) is 0 Å². The van der Waals surface area contributed by atoms with Gasteiger partial charge in [-0.3, -0.25) is 9.78 Å². The predicted octanol–water partition coefficient (Wildman–Crippen LogP) is 4.07. The van der Waals surface area contributed by atoms with E-state index >= 15 is 0 Å². The molecule has 1 amide bonds. The van der Waals surface area contributed by atoms with Crippen molar-refractivity contribution in [3.63, 3.8) is 0 Å². The third-order valence-corrected chi connectivity index (χ3v) is 6.91. The molecule has 3 aromatic rings. The topological polar surface area (TPSA) is 105 Å². The van der Waals surface area contributed by atoms with Crippen molar-refractivity contribution in [3.05, 3.63) is 59.8 Å². The first kappa shape index (κ1) is 23.1. The molecule has 0 spiro atoms. The van der Waals surface area contributed by atoms with Crippen LogP contribution in [0, 0.1) is 6.92 Å². The van der Waals surface area contributed by atoms with Gasteiger partial charge in [-0.2, -0.15) is 0 Å². The van der Waals surface area contributed by atoms with E-state index in [1.807, 2.05) is 24.3 Å². The Kier molecular flexibility index (Phi) is 6.06. The summed E-state index contributed by atoms with van der Waals surface area (Å²) in [6, 6.07) is 12.1. The fourth-order valence-corrected chi connectivity index (χ4v) is 5.14. The van der Waals surface area contributed by atoms with Crippen LogP contribution in [0.3, 0.4) is 0 Å². The number of nitrogens with zero attached hydrogens (tertiary/aromatic N) is 2. The monoisotopic (exact) mass is 474 g/mol. The average molecular weight is 475 g/mol. The Morgan fingerprint density at radius 3 is 2.67 bits per heavy atom. The molecule has 3 N–H and O–H groups in total. The highest BCUT2D eigenvalue weighted by molar-refractivity contribution is 7.89. The second kappa shape index (κ2) is 8.68. The fraction of sp³-hybridized carbons (Fsp3) is 0.304. The first-order valence-corrected chi connectivity index (χ1v) is 12.1. The molecular formula is C23H24F2N4O3S. The number of fused-ring (bicyclic) bond motifs is 1. The number of anilines is 2. The third kappa shape index (κ3) is 4.96. The zero-order chi connectivity index (χ0) is 23.8. The summed E-state index contributed by atoms with van der Waals surface area (Å²) in [4.78, 5) is 18.6. The van der Waals surface area contributed by atoms with E-state index in [2.05, 4.69) is 10.3 Å². The van der Waals surface area contributed by atoms with E-state index in [9.17, 15) is 22.0 Å². The van der Waals surface area contributed by atoms with Gasteiger partial charge in [-0.15, -0.1) is 0 Å². The van der Waals surface area contributed by atoms with Gasteiger partial charge in [0.05, 0.1) is 16.8 Å². The van der Waals surface area contributed by atoms with Gasteiger partial charge in [0.2, 0.25) is 15.9 Å². The van der Waals surface area contributed by atoms with Gasteiger partial charge >= 0.3 is 0 Å². The lowest BCUT2D eigenvalue weighted by Crippen LogP contribution is -2.29. The molecule has 2 heterocycles. The molecule has 0 aliphatic carbocycles. The molecule has 0 bridgehead atoms. The maximum Gasteiger partial charge on any atom is 0.257 e. The predicted molar refractivity (Wildman–Crippen MR) is 123 cm³/mol. The molecule has 1 aromatic heterocycles. The number of rotatable bonds is 4. The Hall–Kier alpha value is -3.11. The van der Waals surface area contributed by atoms with Crippen LogP contribution >= 0.6 is 0 Å². The SMILES string of the molecule is Cc1c(NC(=O)c2cnc3ccccc3c2)ccc(N2CCCC(F)(F)CC2)c1S(N)(=O)=O. The van der Waals surface area contributed by atoms with E-state index in [1.54, 1.807) is 17.0 Å². The number of carbonyl (C=O) groups excluding carboxylic acids is 1. The number of halogens is 2. The van der Waals surface area contributed by atoms with E-state index in [-0.39, 0.29) is 54.2 Å². The second-order valence-corrected chi connectivity index (χ2v) is 9.70. The van der Waals surface area contributed by atoms with Crippen LogP contribution in [0.2, 0.25) is 0 Å². The second-order valence-electron chi connectivity index (χ2n) is 8.20. The van der Waals surface area contributed by atoms with Gasteiger partial charge < -0.3 is 10.2 Å². The van der Waals surface area contributed by atoms with E-state index in [0.29, 0.717) is 5.56 Å². The molecule has 7 nitrogen and oxygen atoms in total. The van der Waals surface area contributed by atoms with Gasteiger partial charge in [0.15, 0.2) is 0 Å². The van der Waals surface area contributed by atoms with Gasteiger partial charge in [0, 0.05) is 43.2 Å². The molecule has 4 rings (SSSR count). The van der Waals surface area contributed by atoms with Crippen LogP contribution < -0.4 is 15.4 Å². The number of pyridine rings is 1. The molecule has 33 heavy (non-hydrogen) atoms. The minimum atomic E-state index is -4.20. The highest BCUT2D eigenvalue weighted by Crippen LogP contribution is 2.36. The first-order valence-electron chi connectivity index (χ1n) is 10.5. The van der Waals surface area contributed by atoms with Crippen LogP contribution in [0.1, 0.15) is 35.2 Å². The van der Waals surface area contributed by atoms with Crippen molar-refractivity contribution in [2.24, 2.45) is 5.14 Å².